The molecule has 0 bridgehead atoms. The van der Waals surface area contributed by atoms with Gasteiger partial charge >= 0.3 is 5.97 Å². The Hall–Kier alpha value is -5.78. The number of nitrogens with one attached hydrogen (secondary N) is 2. The molecule has 1 aliphatic heterocycles. The zero-order valence-electron chi connectivity index (χ0n) is 25.4. The predicted molar refractivity (Wildman–Crippen MR) is 185 cm³/mol. The van der Waals surface area contributed by atoms with Crippen LogP contribution in [0, 0.1) is 11.3 Å². The maximum atomic E-state index is 13.4. The van der Waals surface area contributed by atoms with Gasteiger partial charge in [-0.1, -0.05) is 47.7 Å². The molecule has 0 atom stereocenters. The summed E-state index contributed by atoms with van der Waals surface area (Å²) in [5.74, 6) is -0.578. The number of carboxylic acid groups (broad SMARTS) is 1. The molecule has 6 aromatic rings. The molecule has 240 valence electrons. The Balaban J connectivity index is 1.02. The second-order valence-corrected chi connectivity index (χ2v) is 13.2. The summed E-state index contributed by atoms with van der Waals surface area (Å²) in [6.45, 7) is 1.42. The number of thiazole rings is 2. The lowest BCUT2D eigenvalue weighted by Gasteiger charge is -2.29. The van der Waals surface area contributed by atoms with Crippen molar-refractivity contribution in [1.29, 1.82) is 5.26 Å². The second-order valence-electron chi connectivity index (χ2n) is 11.1. The Morgan fingerprint density at radius 2 is 1.96 bits per heavy atom. The number of hydrogen-bond donors (Lipinski definition) is 4. The van der Waals surface area contributed by atoms with Crippen LogP contribution in [0.15, 0.2) is 66.7 Å². The van der Waals surface area contributed by atoms with Crippen molar-refractivity contribution in [3.8, 4) is 23.1 Å². The number of aryl methyl sites for hydroxylation is 1. The largest absolute Gasteiger partial charge is 0.494 e. The minimum Gasteiger partial charge on any atom is -0.494 e. The topological polar surface area (TPSA) is 183 Å². The van der Waals surface area contributed by atoms with Crippen LogP contribution in [-0.4, -0.2) is 50.3 Å². The number of carbonyl (C=O) groups is 2. The molecule has 3 aromatic carbocycles. The van der Waals surface area contributed by atoms with Gasteiger partial charge < -0.3 is 20.5 Å². The van der Waals surface area contributed by atoms with Crippen LogP contribution >= 0.6 is 22.7 Å². The van der Waals surface area contributed by atoms with Gasteiger partial charge in [-0.3, -0.25) is 15.2 Å². The molecule has 0 aliphatic carbocycles. The molecule has 0 fully saturated rings. The number of nitrogens with zero attached hydrogens (tertiary/aromatic N) is 5. The average Bonchev–Trinajstić information content (AvgIpc) is 3.82. The van der Waals surface area contributed by atoms with Crippen LogP contribution in [-0.2, 0) is 19.4 Å². The number of carbonyl (C=O) groups excluding carboxylic acids is 1. The number of carboxylic acids is 1. The number of anilines is 3. The Labute approximate surface area is 282 Å². The first-order chi connectivity index (χ1) is 23.4. The number of aromatic nitrogens is 4. The lowest BCUT2D eigenvalue weighted by Crippen LogP contribution is -2.32. The van der Waals surface area contributed by atoms with Crippen molar-refractivity contribution in [3.63, 3.8) is 0 Å². The molecule has 0 spiro atoms. The van der Waals surface area contributed by atoms with E-state index in [1.807, 2.05) is 65.6 Å². The van der Waals surface area contributed by atoms with Gasteiger partial charge in [0, 0.05) is 29.1 Å². The number of fused-ring (bicyclic) bond motifs is 2. The Kier molecular flexibility index (Phi) is 8.45. The van der Waals surface area contributed by atoms with Crippen LogP contribution in [0.2, 0.25) is 0 Å². The van der Waals surface area contributed by atoms with E-state index in [1.54, 1.807) is 6.07 Å². The van der Waals surface area contributed by atoms with Crippen molar-refractivity contribution >= 4 is 60.8 Å². The maximum absolute atomic E-state index is 13.4. The van der Waals surface area contributed by atoms with Gasteiger partial charge in [0.25, 0.3) is 5.91 Å². The lowest BCUT2D eigenvalue weighted by atomic mass is 9.94. The molecular weight excluding hydrogens is 649 g/mol. The van der Waals surface area contributed by atoms with E-state index < -0.39 is 5.97 Å². The van der Waals surface area contributed by atoms with Crippen LogP contribution < -0.4 is 20.7 Å². The quantitative estimate of drug-likeness (QED) is 0.123. The number of nitrogen functional groups attached to an aromatic ring is 1. The van der Waals surface area contributed by atoms with Crippen LogP contribution in [0.3, 0.4) is 0 Å². The highest BCUT2D eigenvalue weighted by Gasteiger charge is 2.27. The fraction of sp³-hybridized carbons (Fsp3) is 0.176. The minimum atomic E-state index is -1.08. The van der Waals surface area contributed by atoms with Crippen molar-refractivity contribution in [3.05, 3.63) is 99.6 Å². The average molecular weight is 677 g/mol. The molecule has 0 saturated heterocycles. The summed E-state index contributed by atoms with van der Waals surface area (Å²) >= 11 is 2.78. The fourth-order valence-electron chi connectivity index (χ4n) is 5.70. The number of nitriles is 1. The third-order valence-electron chi connectivity index (χ3n) is 8.04. The van der Waals surface area contributed by atoms with Crippen LogP contribution in [0.25, 0.3) is 21.5 Å². The summed E-state index contributed by atoms with van der Waals surface area (Å²) in [5, 5.41) is 30.2. The van der Waals surface area contributed by atoms with E-state index in [0.29, 0.717) is 76.7 Å². The zero-order valence-corrected chi connectivity index (χ0v) is 27.0. The van der Waals surface area contributed by atoms with E-state index in [4.69, 9.17) is 10.5 Å². The third kappa shape index (κ3) is 6.16. The smallest absolute Gasteiger partial charge is 0.355 e. The maximum Gasteiger partial charge on any atom is 0.355 e. The van der Waals surface area contributed by atoms with Crippen molar-refractivity contribution < 1.29 is 19.4 Å². The standard InChI is InChI=1S/C34H28N8O4S2/c35-17-23-28(40-41-30(23)36)20-7-3-8-21(16-20)46-15-5-12-27-29(32(44)45)38-34(48-27)42-14-13-19-6-4-9-22(24(19)18-42)31(43)39-33-37-25-10-1-2-11-26(25)47-33/h1-4,6-11,16H,5,12-15,18H2,(H,44,45)(H3,36,40,41)(H,37,39,43). The number of amides is 1. The molecule has 0 saturated carbocycles. The number of aromatic amines is 1. The summed E-state index contributed by atoms with van der Waals surface area (Å²) in [6, 6.07) is 22.8. The number of ether oxygens (including phenoxy) is 1. The van der Waals surface area contributed by atoms with Gasteiger partial charge in [0.15, 0.2) is 21.8 Å². The highest BCUT2D eigenvalue weighted by atomic mass is 32.1. The van der Waals surface area contributed by atoms with Crippen LogP contribution in [0.4, 0.5) is 16.1 Å². The molecule has 4 heterocycles. The van der Waals surface area contributed by atoms with Gasteiger partial charge in [-0.2, -0.15) is 10.4 Å². The highest BCUT2D eigenvalue weighted by molar-refractivity contribution is 7.22. The summed E-state index contributed by atoms with van der Waals surface area (Å²) in [7, 11) is 0. The summed E-state index contributed by atoms with van der Waals surface area (Å²) < 4.78 is 6.96. The molecular formula is C34H28N8O4S2. The Morgan fingerprint density at radius 1 is 1.10 bits per heavy atom. The first kappa shape index (κ1) is 30.9. The van der Waals surface area contributed by atoms with Crippen molar-refractivity contribution in [1.82, 2.24) is 20.2 Å². The van der Waals surface area contributed by atoms with Crippen LogP contribution in [0.1, 0.15) is 48.8 Å². The zero-order chi connectivity index (χ0) is 33.2. The number of para-hydroxylation sites is 1. The van der Waals surface area contributed by atoms with E-state index in [2.05, 4.69) is 31.6 Å². The van der Waals surface area contributed by atoms with Gasteiger partial charge in [-0.25, -0.2) is 14.8 Å². The molecule has 3 aromatic heterocycles. The molecule has 5 N–H and O–H groups in total. The number of rotatable bonds is 10. The van der Waals surface area contributed by atoms with Crippen LogP contribution in [0.5, 0.6) is 5.75 Å². The summed E-state index contributed by atoms with van der Waals surface area (Å²) in [6.07, 6.45) is 1.73. The molecule has 12 nitrogen and oxygen atoms in total. The van der Waals surface area contributed by atoms with E-state index in [-0.39, 0.29) is 23.0 Å². The first-order valence-electron chi connectivity index (χ1n) is 15.1. The number of benzene rings is 3. The van der Waals surface area contributed by atoms with E-state index in [1.165, 1.54) is 22.7 Å². The monoisotopic (exact) mass is 676 g/mol. The van der Waals surface area contributed by atoms with Gasteiger partial charge in [0.1, 0.15) is 17.4 Å². The SMILES string of the molecule is N#Cc1c(N)n[nH]c1-c1cccc(OCCCc2sc(N3CCc4cccc(C(=O)Nc5nc6ccccc6s5)c4C3)nc2C(=O)O)c1. The van der Waals surface area contributed by atoms with Gasteiger partial charge in [0.05, 0.1) is 22.5 Å². The molecule has 1 amide bonds. The van der Waals surface area contributed by atoms with Crippen molar-refractivity contribution in [2.45, 2.75) is 25.8 Å². The van der Waals surface area contributed by atoms with E-state index in [9.17, 15) is 20.0 Å². The highest BCUT2D eigenvalue weighted by Crippen LogP contribution is 2.34. The predicted octanol–water partition coefficient (Wildman–Crippen LogP) is 6.12. The molecule has 1 aliphatic rings. The molecule has 14 heteroatoms. The number of nitrogens with two attached hydrogens (primary N) is 1. The number of hydrogen-bond acceptors (Lipinski definition) is 11. The van der Waals surface area contributed by atoms with Crippen molar-refractivity contribution in [2.24, 2.45) is 0 Å². The second kappa shape index (κ2) is 13.1. The summed E-state index contributed by atoms with van der Waals surface area (Å²) in [5.41, 5.74) is 10.7. The van der Waals surface area contributed by atoms with Gasteiger partial charge in [-0.15, -0.1) is 11.3 Å². The van der Waals surface area contributed by atoms with Crippen molar-refractivity contribution in [2.75, 3.05) is 29.1 Å². The lowest BCUT2D eigenvalue weighted by molar-refractivity contribution is 0.0690. The van der Waals surface area contributed by atoms with E-state index >= 15 is 0 Å². The Bertz CT molecular complexity index is 2180. The van der Waals surface area contributed by atoms with E-state index in [0.717, 1.165) is 21.3 Å². The minimum absolute atomic E-state index is 0.0329. The molecule has 48 heavy (non-hydrogen) atoms. The van der Waals surface area contributed by atoms with Gasteiger partial charge in [-0.05, 0) is 60.7 Å². The normalized spacial score (nSPS) is 12.4. The molecule has 7 rings (SSSR count). The Morgan fingerprint density at radius 3 is 2.79 bits per heavy atom. The number of aromatic carboxylic acids is 1. The third-order valence-corrected chi connectivity index (χ3v) is 10.2. The fourth-order valence-corrected chi connectivity index (χ4v) is 7.68. The molecule has 0 unspecified atom stereocenters. The summed E-state index contributed by atoms with van der Waals surface area (Å²) in [4.78, 5) is 37.4. The number of H-pyrrole nitrogens is 1. The van der Waals surface area contributed by atoms with Gasteiger partial charge in [0.2, 0.25) is 0 Å². The molecule has 0 radical (unpaired) electrons. The first-order valence-corrected chi connectivity index (χ1v) is 16.7.